The Morgan fingerprint density at radius 1 is 0.920 bits per heavy atom. The second-order valence-electron chi connectivity index (χ2n) is 5.90. The number of pyridine rings is 1. The van der Waals surface area contributed by atoms with Gasteiger partial charge in [-0.2, -0.15) is 0 Å². The quantitative estimate of drug-likeness (QED) is 0.798. The normalized spacial score (nSPS) is 14.5. The molecule has 0 unspecified atom stereocenters. The Balaban J connectivity index is 1.82. The molecule has 1 aromatic carbocycles. The minimum atomic E-state index is -0.298. The van der Waals surface area contributed by atoms with E-state index >= 15 is 0 Å². The molecule has 0 spiro atoms. The van der Waals surface area contributed by atoms with Crippen molar-refractivity contribution in [3.05, 3.63) is 60.5 Å². The molecule has 3 aromatic rings. The van der Waals surface area contributed by atoms with Crippen LogP contribution in [0, 0.1) is 5.82 Å². The van der Waals surface area contributed by atoms with Crippen LogP contribution in [0.15, 0.2) is 54.7 Å². The molecular formula is C19H18FN5. The van der Waals surface area contributed by atoms with Crippen LogP contribution in [-0.2, 0) is 0 Å². The number of nitrogens with zero attached hydrogens (tertiary/aromatic N) is 4. The van der Waals surface area contributed by atoms with Crippen LogP contribution in [0.25, 0.3) is 22.8 Å². The van der Waals surface area contributed by atoms with Crippen molar-refractivity contribution in [3.63, 3.8) is 0 Å². The van der Waals surface area contributed by atoms with E-state index in [4.69, 9.17) is 0 Å². The van der Waals surface area contributed by atoms with Gasteiger partial charge >= 0.3 is 0 Å². The van der Waals surface area contributed by atoms with Gasteiger partial charge in [0.2, 0.25) is 0 Å². The van der Waals surface area contributed by atoms with Crippen molar-refractivity contribution in [1.29, 1.82) is 0 Å². The van der Waals surface area contributed by atoms with Gasteiger partial charge in [-0.05, 0) is 24.3 Å². The van der Waals surface area contributed by atoms with E-state index in [-0.39, 0.29) is 5.82 Å². The Morgan fingerprint density at radius 3 is 2.56 bits per heavy atom. The molecule has 5 nitrogen and oxygen atoms in total. The molecule has 2 aromatic heterocycles. The largest absolute Gasteiger partial charge is 0.354 e. The highest BCUT2D eigenvalue weighted by Gasteiger charge is 2.16. The van der Waals surface area contributed by atoms with Crippen molar-refractivity contribution in [2.75, 3.05) is 31.1 Å². The number of hydrogen-bond donors (Lipinski definition) is 1. The van der Waals surface area contributed by atoms with E-state index in [0.29, 0.717) is 11.4 Å². The van der Waals surface area contributed by atoms with Crippen LogP contribution >= 0.6 is 0 Å². The van der Waals surface area contributed by atoms with Crippen molar-refractivity contribution in [2.45, 2.75) is 0 Å². The van der Waals surface area contributed by atoms with Gasteiger partial charge in [-0.1, -0.05) is 18.2 Å². The van der Waals surface area contributed by atoms with E-state index < -0.39 is 0 Å². The maximum atomic E-state index is 13.6. The van der Waals surface area contributed by atoms with Gasteiger partial charge in [-0.3, -0.25) is 4.98 Å². The number of benzene rings is 1. The minimum absolute atomic E-state index is 0.298. The average Bonchev–Trinajstić information content (AvgIpc) is 2.69. The molecule has 1 aliphatic rings. The first-order valence-electron chi connectivity index (χ1n) is 8.32. The van der Waals surface area contributed by atoms with Crippen molar-refractivity contribution in [3.8, 4) is 22.8 Å². The standard InChI is InChI=1S/C19H18FN5/c20-15-5-3-4-14(12-15)19-23-17(16-6-1-2-7-22-16)13-18(24-19)25-10-8-21-9-11-25/h1-7,12-13,21H,8-11H2. The predicted molar refractivity (Wildman–Crippen MR) is 95.7 cm³/mol. The lowest BCUT2D eigenvalue weighted by Crippen LogP contribution is -2.44. The number of anilines is 1. The van der Waals surface area contributed by atoms with Gasteiger partial charge in [0.05, 0.1) is 11.4 Å². The number of aromatic nitrogens is 3. The lowest BCUT2D eigenvalue weighted by molar-refractivity contribution is 0.585. The van der Waals surface area contributed by atoms with Crippen LogP contribution < -0.4 is 10.2 Å². The first-order valence-corrected chi connectivity index (χ1v) is 8.32. The summed E-state index contributed by atoms with van der Waals surface area (Å²) in [6.45, 7) is 3.58. The van der Waals surface area contributed by atoms with E-state index in [1.807, 2.05) is 30.3 Å². The third-order valence-electron chi connectivity index (χ3n) is 4.16. The predicted octanol–water partition coefficient (Wildman–Crippen LogP) is 2.75. The van der Waals surface area contributed by atoms with E-state index in [1.165, 1.54) is 12.1 Å². The van der Waals surface area contributed by atoms with Crippen LogP contribution in [0.4, 0.5) is 10.2 Å². The van der Waals surface area contributed by atoms with Crippen molar-refractivity contribution < 1.29 is 4.39 Å². The summed E-state index contributed by atoms with van der Waals surface area (Å²) in [6.07, 6.45) is 1.74. The van der Waals surface area contributed by atoms with Crippen LogP contribution in [0.5, 0.6) is 0 Å². The molecule has 4 rings (SSSR count). The molecule has 0 bridgehead atoms. The number of piperazine rings is 1. The maximum absolute atomic E-state index is 13.6. The van der Waals surface area contributed by atoms with Gasteiger partial charge in [0.1, 0.15) is 11.6 Å². The molecule has 25 heavy (non-hydrogen) atoms. The fraction of sp³-hybridized carbons (Fsp3) is 0.211. The van der Waals surface area contributed by atoms with Crippen LogP contribution in [0.1, 0.15) is 0 Å². The Labute approximate surface area is 145 Å². The summed E-state index contributed by atoms with van der Waals surface area (Å²) in [7, 11) is 0. The van der Waals surface area contributed by atoms with E-state index in [0.717, 1.165) is 43.4 Å². The van der Waals surface area contributed by atoms with Gasteiger partial charge in [0.15, 0.2) is 5.82 Å². The monoisotopic (exact) mass is 335 g/mol. The van der Waals surface area contributed by atoms with Gasteiger partial charge in [0, 0.05) is 44.0 Å². The Kier molecular flexibility index (Phi) is 4.35. The minimum Gasteiger partial charge on any atom is -0.354 e. The second kappa shape index (κ2) is 6.94. The van der Waals surface area contributed by atoms with E-state index in [9.17, 15) is 4.39 Å². The molecule has 1 saturated heterocycles. The highest BCUT2D eigenvalue weighted by atomic mass is 19.1. The van der Waals surface area contributed by atoms with E-state index in [2.05, 4.69) is 25.2 Å². The molecule has 1 N–H and O–H groups in total. The van der Waals surface area contributed by atoms with Gasteiger partial charge in [-0.15, -0.1) is 0 Å². The maximum Gasteiger partial charge on any atom is 0.162 e. The van der Waals surface area contributed by atoms with Crippen molar-refractivity contribution >= 4 is 5.82 Å². The van der Waals surface area contributed by atoms with Crippen LogP contribution in [-0.4, -0.2) is 41.1 Å². The third-order valence-corrected chi connectivity index (χ3v) is 4.16. The Hall–Kier alpha value is -2.86. The zero-order chi connectivity index (χ0) is 17.1. The summed E-state index contributed by atoms with van der Waals surface area (Å²) in [4.78, 5) is 15.9. The van der Waals surface area contributed by atoms with Gasteiger partial charge < -0.3 is 10.2 Å². The van der Waals surface area contributed by atoms with Crippen molar-refractivity contribution in [2.24, 2.45) is 0 Å². The fourth-order valence-corrected chi connectivity index (χ4v) is 2.89. The Bertz CT molecular complexity index is 863. The van der Waals surface area contributed by atoms with Crippen LogP contribution in [0.2, 0.25) is 0 Å². The van der Waals surface area contributed by atoms with Crippen molar-refractivity contribution in [1.82, 2.24) is 20.3 Å². The molecule has 1 aliphatic heterocycles. The highest BCUT2D eigenvalue weighted by Crippen LogP contribution is 2.25. The number of hydrogen-bond acceptors (Lipinski definition) is 5. The lowest BCUT2D eigenvalue weighted by atomic mass is 10.2. The molecule has 6 heteroatoms. The molecular weight excluding hydrogens is 317 g/mol. The lowest BCUT2D eigenvalue weighted by Gasteiger charge is -2.28. The number of halogens is 1. The van der Waals surface area contributed by atoms with Gasteiger partial charge in [-0.25, -0.2) is 14.4 Å². The first-order chi connectivity index (χ1) is 12.3. The summed E-state index contributed by atoms with van der Waals surface area (Å²) in [5.74, 6) is 1.06. The summed E-state index contributed by atoms with van der Waals surface area (Å²) in [6, 6.07) is 14.0. The molecule has 3 heterocycles. The zero-order valence-corrected chi connectivity index (χ0v) is 13.7. The number of nitrogens with one attached hydrogen (secondary N) is 1. The summed E-state index contributed by atoms with van der Waals surface area (Å²) in [5.41, 5.74) is 2.18. The second-order valence-corrected chi connectivity index (χ2v) is 5.90. The SMILES string of the molecule is Fc1cccc(-c2nc(-c3ccccn3)cc(N3CCNCC3)n2)c1. The highest BCUT2D eigenvalue weighted by molar-refractivity contribution is 5.66. The van der Waals surface area contributed by atoms with Gasteiger partial charge in [0.25, 0.3) is 0 Å². The molecule has 126 valence electrons. The zero-order valence-electron chi connectivity index (χ0n) is 13.7. The Morgan fingerprint density at radius 2 is 1.80 bits per heavy atom. The smallest absolute Gasteiger partial charge is 0.162 e. The molecule has 0 atom stereocenters. The molecule has 0 saturated carbocycles. The summed E-state index contributed by atoms with van der Waals surface area (Å²) < 4.78 is 13.6. The molecule has 0 amide bonds. The first kappa shape index (κ1) is 15.7. The summed E-state index contributed by atoms with van der Waals surface area (Å²) >= 11 is 0. The summed E-state index contributed by atoms with van der Waals surface area (Å²) in [5, 5.41) is 3.34. The van der Waals surface area contributed by atoms with Crippen LogP contribution in [0.3, 0.4) is 0 Å². The fourth-order valence-electron chi connectivity index (χ4n) is 2.89. The third kappa shape index (κ3) is 3.49. The average molecular weight is 335 g/mol. The van der Waals surface area contributed by atoms with E-state index in [1.54, 1.807) is 12.3 Å². The molecule has 0 aliphatic carbocycles. The topological polar surface area (TPSA) is 53.9 Å². The molecule has 1 fully saturated rings. The molecule has 0 radical (unpaired) electrons. The number of rotatable bonds is 3.